The van der Waals surface area contributed by atoms with Gasteiger partial charge >= 0.3 is 18.9 Å². The molecule has 1 aromatic carbocycles. The molecule has 0 fully saturated rings. The van der Waals surface area contributed by atoms with E-state index in [1.807, 2.05) is 18.2 Å². The number of pyridine rings is 1. The first-order valence-corrected chi connectivity index (χ1v) is 3.40. The van der Waals surface area contributed by atoms with E-state index in [4.69, 9.17) is 0 Å². The second-order valence-corrected chi connectivity index (χ2v) is 2.35. The Bertz CT molecular complexity index is 389. The number of benzene rings is 1. The summed E-state index contributed by atoms with van der Waals surface area (Å²) in [6.45, 7) is 0. The third-order valence-electron chi connectivity index (χ3n) is 1.61. The fourth-order valence-corrected chi connectivity index (χ4v) is 1.09. The molecule has 0 unspecified atom stereocenters. The van der Waals surface area contributed by atoms with Gasteiger partial charge in [-0.15, -0.1) is 0 Å². The molecule has 13 heavy (non-hydrogen) atoms. The van der Waals surface area contributed by atoms with Gasteiger partial charge in [0, 0.05) is 11.6 Å². The molecule has 1 N–H and O–H groups in total. The first-order chi connectivity index (χ1) is 5.38. The number of hydrogen-bond acceptors (Lipinski definition) is 2. The standard InChI is InChI=1S/C9H7NO.BH3.Li.H/c11-8-5-1-3-7-4-2-6-10-9(7)8;;;/h1-6,11H;1H3;;. The molecule has 1 aromatic heterocycles. The van der Waals surface area contributed by atoms with E-state index < -0.39 is 0 Å². The number of phenols is 1. The van der Waals surface area contributed by atoms with Crippen LogP contribution in [0.25, 0.3) is 10.9 Å². The van der Waals surface area contributed by atoms with E-state index >= 15 is 0 Å². The SMILES string of the molecule is B.Oc1cccc2cccnc12.[LiH]. The molecule has 0 aliphatic carbocycles. The predicted molar refractivity (Wildman–Crippen MR) is 60.5 cm³/mol. The molecular weight excluding hydrogens is 156 g/mol. The van der Waals surface area contributed by atoms with Gasteiger partial charge in [0.25, 0.3) is 0 Å². The third-order valence-corrected chi connectivity index (χ3v) is 1.61. The fraction of sp³-hybridized carbons (Fsp3) is 0. The first-order valence-electron chi connectivity index (χ1n) is 3.40. The van der Waals surface area contributed by atoms with Gasteiger partial charge in [0.05, 0.1) is 8.41 Å². The van der Waals surface area contributed by atoms with Crippen LogP contribution in [0.3, 0.4) is 0 Å². The zero-order chi connectivity index (χ0) is 7.68. The van der Waals surface area contributed by atoms with E-state index in [-0.39, 0.29) is 33.0 Å². The van der Waals surface area contributed by atoms with Gasteiger partial charge in [-0.05, 0) is 12.1 Å². The second-order valence-electron chi connectivity index (χ2n) is 2.35. The summed E-state index contributed by atoms with van der Waals surface area (Å²) < 4.78 is 0. The topological polar surface area (TPSA) is 33.1 Å². The van der Waals surface area contributed by atoms with Gasteiger partial charge in [-0.3, -0.25) is 4.98 Å². The average Bonchev–Trinajstić information content (AvgIpc) is 2.06. The molecule has 0 radical (unpaired) electrons. The molecule has 0 aliphatic heterocycles. The molecule has 0 atom stereocenters. The maximum absolute atomic E-state index is 9.31. The van der Waals surface area contributed by atoms with Crippen LogP contribution in [0.15, 0.2) is 36.5 Å². The molecule has 1 heterocycles. The Morgan fingerprint density at radius 1 is 1.08 bits per heavy atom. The first kappa shape index (κ1) is 12.1. The van der Waals surface area contributed by atoms with Gasteiger partial charge in [0.1, 0.15) is 11.3 Å². The molecular formula is C9H11BLiNO. The summed E-state index contributed by atoms with van der Waals surface area (Å²) in [5, 5.41) is 10.3. The minimum absolute atomic E-state index is 0. The van der Waals surface area contributed by atoms with Crippen molar-refractivity contribution in [1.29, 1.82) is 0 Å². The van der Waals surface area contributed by atoms with Gasteiger partial charge in [-0.1, -0.05) is 18.2 Å². The van der Waals surface area contributed by atoms with Gasteiger partial charge in [-0.2, -0.15) is 0 Å². The molecule has 2 nitrogen and oxygen atoms in total. The van der Waals surface area contributed by atoms with Crippen molar-refractivity contribution in [1.82, 2.24) is 4.98 Å². The number of aromatic hydroxyl groups is 1. The number of para-hydroxylation sites is 1. The Morgan fingerprint density at radius 2 is 1.77 bits per heavy atom. The van der Waals surface area contributed by atoms with Crippen LogP contribution in [0.2, 0.25) is 0 Å². The summed E-state index contributed by atoms with van der Waals surface area (Å²) in [5.41, 5.74) is 0.662. The molecule has 0 saturated carbocycles. The van der Waals surface area contributed by atoms with Crippen LogP contribution < -0.4 is 0 Å². The molecule has 2 aromatic rings. The molecule has 4 heteroatoms. The van der Waals surface area contributed by atoms with Crippen molar-refractivity contribution in [2.45, 2.75) is 0 Å². The van der Waals surface area contributed by atoms with Gasteiger partial charge in [-0.25, -0.2) is 0 Å². The molecule has 62 valence electrons. The van der Waals surface area contributed by atoms with Crippen LogP contribution >= 0.6 is 0 Å². The van der Waals surface area contributed by atoms with Crippen molar-refractivity contribution in [3.05, 3.63) is 36.5 Å². The van der Waals surface area contributed by atoms with Crippen molar-refractivity contribution in [3.63, 3.8) is 0 Å². The molecule has 0 saturated heterocycles. The van der Waals surface area contributed by atoms with E-state index in [0.29, 0.717) is 5.52 Å². The van der Waals surface area contributed by atoms with E-state index in [2.05, 4.69) is 4.98 Å². The van der Waals surface area contributed by atoms with Crippen molar-refractivity contribution in [2.75, 3.05) is 0 Å². The Morgan fingerprint density at radius 3 is 2.46 bits per heavy atom. The van der Waals surface area contributed by atoms with E-state index in [9.17, 15) is 5.11 Å². The monoisotopic (exact) mass is 167 g/mol. The van der Waals surface area contributed by atoms with Crippen molar-refractivity contribution in [2.24, 2.45) is 0 Å². The Kier molecular flexibility index (Phi) is 4.61. The van der Waals surface area contributed by atoms with Crippen LogP contribution in [-0.4, -0.2) is 37.4 Å². The second kappa shape index (κ2) is 4.96. The number of fused-ring (bicyclic) bond motifs is 1. The zero-order valence-corrected chi connectivity index (χ0v) is 5.86. The van der Waals surface area contributed by atoms with Crippen LogP contribution in [0, 0.1) is 0 Å². The maximum atomic E-state index is 9.31. The summed E-state index contributed by atoms with van der Waals surface area (Å²) in [6.07, 6.45) is 1.67. The summed E-state index contributed by atoms with van der Waals surface area (Å²) in [4.78, 5) is 4.03. The van der Waals surface area contributed by atoms with Crippen LogP contribution in [0.5, 0.6) is 5.75 Å². The van der Waals surface area contributed by atoms with Crippen LogP contribution in [-0.2, 0) is 0 Å². The average molecular weight is 167 g/mol. The van der Waals surface area contributed by atoms with Crippen molar-refractivity contribution >= 4 is 38.2 Å². The summed E-state index contributed by atoms with van der Waals surface area (Å²) in [5.74, 6) is 0.239. The molecule has 0 amide bonds. The molecule has 0 bridgehead atoms. The van der Waals surface area contributed by atoms with Gasteiger partial charge in [0.2, 0.25) is 0 Å². The van der Waals surface area contributed by atoms with E-state index in [1.165, 1.54) is 0 Å². The Labute approximate surface area is 90.7 Å². The molecule has 0 aliphatic rings. The Balaban J connectivity index is 0.000000720. The quantitative estimate of drug-likeness (QED) is 0.564. The summed E-state index contributed by atoms with van der Waals surface area (Å²) in [6, 6.07) is 9.13. The van der Waals surface area contributed by atoms with E-state index in [1.54, 1.807) is 18.3 Å². The van der Waals surface area contributed by atoms with E-state index in [0.717, 1.165) is 5.39 Å². The number of rotatable bonds is 0. The minimum atomic E-state index is 0. The fourth-order valence-electron chi connectivity index (χ4n) is 1.09. The van der Waals surface area contributed by atoms with Gasteiger partial charge < -0.3 is 5.11 Å². The summed E-state index contributed by atoms with van der Waals surface area (Å²) in [7, 11) is 0. The third kappa shape index (κ3) is 2.27. The Hall–Kier alpha value is -0.908. The van der Waals surface area contributed by atoms with Crippen LogP contribution in [0.1, 0.15) is 0 Å². The number of nitrogens with zero attached hydrogens (tertiary/aromatic N) is 1. The predicted octanol–water partition coefficient (Wildman–Crippen LogP) is 0.108. The number of hydrogen-bond donors (Lipinski definition) is 1. The number of aromatic nitrogens is 1. The normalized spacial score (nSPS) is 8.62. The number of phenolic OH excluding ortho intramolecular Hbond substituents is 1. The van der Waals surface area contributed by atoms with Crippen molar-refractivity contribution < 1.29 is 5.11 Å². The molecule has 2 rings (SSSR count). The molecule has 0 spiro atoms. The zero-order valence-electron chi connectivity index (χ0n) is 5.86. The van der Waals surface area contributed by atoms with Crippen LogP contribution in [0.4, 0.5) is 0 Å². The van der Waals surface area contributed by atoms with Gasteiger partial charge in [0.15, 0.2) is 0 Å². The summed E-state index contributed by atoms with van der Waals surface area (Å²) >= 11 is 0. The van der Waals surface area contributed by atoms with Crippen molar-refractivity contribution in [3.8, 4) is 5.75 Å².